The van der Waals surface area contributed by atoms with E-state index in [9.17, 15) is 14.7 Å². The van der Waals surface area contributed by atoms with Crippen LogP contribution in [0.5, 0.6) is 11.5 Å². The fraction of sp³-hybridized carbons (Fsp3) is 0.333. The average Bonchev–Trinajstić information content (AvgIpc) is 2.30. The fourth-order valence-electron chi connectivity index (χ4n) is 1.46. The van der Waals surface area contributed by atoms with Crippen molar-refractivity contribution in [3.8, 4) is 11.5 Å². The highest BCUT2D eigenvalue weighted by molar-refractivity contribution is 5.91. The number of phenols is 1. The van der Waals surface area contributed by atoms with Gasteiger partial charge in [-0.1, -0.05) is 0 Å². The number of carbonyl (C=O) groups excluding carboxylic acids is 2. The minimum absolute atomic E-state index is 0.0347. The molecule has 0 saturated heterocycles. The molecule has 1 N–H and O–H groups in total. The number of ketones is 1. The number of ether oxygens (including phenoxy) is 2. The number of esters is 1. The SMILES string of the molecule is COC(=O)c1cc(CC(C)=O)c(O)c(OC)c1. The van der Waals surface area contributed by atoms with Gasteiger partial charge in [0.1, 0.15) is 5.78 Å². The second kappa shape index (κ2) is 5.34. The van der Waals surface area contributed by atoms with Crippen LogP contribution in [0.1, 0.15) is 22.8 Å². The maximum absolute atomic E-state index is 11.4. The van der Waals surface area contributed by atoms with Gasteiger partial charge in [0.05, 0.1) is 19.8 Å². The molecule has 1 aromatic rings. The van der Waals surface area contributed by atoms with Crippen molar-refractivity contribution in [1.82, 2.24) is 0 Å². The number of aromatic hydroxyl groups is 1. The van der Waals surface area contributed by atoms with E-state index in [0.29, 0.717) is 5.56 Å². The maximum Gasteiger partial charge on any atom is 0.337 e. The Morgan fingerprint density at radius 2 is 1.94 bits per heavy atom. The number of methoxy groups -OCH3 is 2. The van der Waals surface area contributed by atoms with Crippen molar-refractivity contribution in [3.05, 3.63) is 23.3 Å². The highest BCUT2D eigenvalue weighted by Gasteiger charge is 2.16. The molecular formula is C12H14O5. The third kappa shape index (κ3) is 2.96. The summed E-state index contributed by atoms with van der Waals surface area (Å²) >= 11 is 0. The zero-order valence-electron chi connectivity index (χ0n) is 9.94. The van der Waals surface area contributed by atoms with Gasteiger partial charge in [0.15, 0.2) is 11.5 Å². The summed E-state index contributed by atoms with van der Waals surface area (Å²) < 4.78 is 9.51. The number of phenolic OH excluding ortho intramolecular Hbond substituents is 1. The molecule has 0 spiro atoms. The van der Waals surface area contributed by atoms with Crippen LogP contribution < -0.4 is 4.74 Å². The largest absolute Gasteiger partial charge is 0.504 e. The first kappa shape index (κ1) is 13.0. The van der Waals surface area contributed by atoms with Gasteiger partial charge in [-0.2, -0.15) is 0 Å². The van der Waals surface area contributed by atoms with Crippen LogP contribution in [0.2, 0.25) is 0 Å². The van der Waals surface area contributed by atoms with E-state index in [1.54, 1.807) is 0 Å². The molecule has 1 aromatic carbocycles. The Labute approximate surface area is 99.0 Å². The van der Waals surface area contributed by atoms with E-state index >= 15 is 0 Å². The second-order valence-corrected chi connectivity index (χ2v) is 3.56. The van der Waals surface area contributed by atoms with Gasteiger partial charge in [-0.3, -0.25) is 4.79 Å². The van der Waals surface area contributed by atoms with Gasteiger partial charge in [-0.05, 0) is 19.1 Å². The summed E-state index contributed by atoms with van der Waals surface area (Å²) in [6, 6.07) is 2.79. The van der Waals surface area contributed by atoms with Crippen LogP contribution in [0.4, 0.5) is 0 Å². The first-order chi connectivity index (χ1) is 7.99. The minimum Gasteiger partial charge on any atom is -0.504 e. The molecule has 0 saturated carbocycles. The fourth-order valence-corrected chi connectivity index (χ4v) is 1.46. The van der Waals surface area contributed by atoms with Crippen molar-refractivity contribution in [2.75, 3.05) is 14.2 Å². The number of rotatable bonds is 4. The molecule has 0 aliphatic rings. The van der Waals surface area contributed by atoms with Crippen molar-refractivity contribution in [1.29, 1.82) is 0 Å². The lowest BCUT2D eigenvalue weighted by atomic mass is 10.0. The molecule has 0 aromatic heterocycles. The summed E-state index contributed by atoms with van der Waals surface area (Å²) in [5, 5.41) is 9.79. The second-order valence-electron chi connectivity index (χ2n) is 3.56. The summed E-state index contributed by atoms with van der Waals surface area (Å²) in [5.41, 5.74) is 0.579. The molecule has 0 bridgehead atoms. The lowest BCUT2D eigenvalue weighted by Crippen LogP contribution is -2.05. The van der Waals surface area contributed by atoms with Crippen LogP contribution in [-0.4, -0.2) is 31.1 Å². The van der Waals surface area contributed by atoms with Gasteiger partial charge in [0.2, 0.25) is 0 Å². The van der Waals surface area contributed by atoms with Crippen molar-refractivity contribution < 1.29 is 24.2 Å². The van der Waals surface area contributed by atoms with Gasteiger partial charge in [-0.25, -0.2) is 4.79 Å². The van der Waals surface area contributed by atoms with Crippen molar-refractivity contribution in [3.63, 3.8) is 0 Å². The van der Waals surface area contributed by atoms with Crippen LogP contribution in [0.3, 0.4) is 0 Å². The Bertz CT molecular complexity index is 450. The predicted octanol–water partition coefficient (Wildman–Crippen LogP) is 1.32. The molecule has 0 atom stereocenters. The van der Waals surface area contributed by atoms with Gasteiger partial charge in [0, 0.05) is 12.0 Å². The van der Waals surface area contributed by atoms with Gasteiger partial charge < -0.3 is 14.6 Å². The molecule has 0 radical (unpaired) electrons. The molecular weight excluding hydrogens is 224 g/mol. The summed E-state index contributed by atoms with van der Waals surface area (Å²) in [4.78, 5) is 22.4. The average molecular weight is 238 g/mol. The van der Waals surface area contributed by atoms with E-state index < -0.39 is 5.97 Å². The van der Waals surface area contributed by atoms with E-state index in [1.807, 2.05) is 0 Å². The van der Waals surface area contributed by atoms with Gasteiger partial charge in [0.25, 0.3) is 0 Å². The standard InChI is InChI=1S/C12H14O5/c1-7(13)4-8-5-9(12(15)17-3)6-10(16-2)11(8)14/h5-6,14H,4H2,1-3H3. The van der Waals surface area contributed by atoms with E-state index in [4.69, 9.17) is 4.74 Å². The number of hydrogen-bond acceptors (Lipinski definition) is 5. The predicted molar refractivity (Wildman–Crippen MR) is 60.4 cm³/mol. The summed E-state index contributed by atoms with van der Waals surface area (Å²) in [6.45, 7) is 1.40. The molecule has 5 heteroatoms. The summed E-state index contributed by atoms with van der Waals surface area (Å²) in [5.74, 6) is -0.656. The number of Topliss-reactive ketones (excluding diaryl/α,β-unsaturated/α-hetero) is 1. The lowest BCUT2D eigenvalue weighted by Gasteiger charge is -2.10. The van der Waals surface area contributed by atoms with Gasteiger partial charge >= 0.3 is 5.97 Å². The summed E-state index contributed by atoms with van der Waals surface area (Å²) in [7, 11) is 2.62. The molecule has 0 amide bonds. The van der Waals surface area contributed by atoms with Crippen LogP contribution in [-0.2, 0) is 16.0 Å². The molecule has 92 valence electrons. The monoisotopic (exact) mass is 238 g/mol. The topological polar surface area (TPSA) is 72.8 Å². The molecule has 0 aliphatic carbocycles. The number of carbonyl (C=O) groups is 2. The number of benzene rings is 1. The first-order valence-corrected chi connectivity index (χ1v) is 4.97. The van der Waals surface area contributed by atoms with Crippen LogP contribution in [0, 0.1) is 0 Å². The van der Waals surface area contributed by atoms with E-state index in [1.165, 1.54) is 33.3 Å². The highest BCUT2D eigenvalue weighted by Crippen LogP contribution is 2.32. The lowest BCUT2D eigenvalue weighted by molar-refractivity contribution is -0.116. The molecule has 17 heavy (non-hydrogen) atoms. The van der Waals surface area contributed by atoms with E-state index in [-0.39, 0.29) is 29.3 Å². The quantitative estimate of drug-likeness (QED) is 0.801. The smallest absolute Gasteiger partial charge is 0.337 e. The van der Waals surface area contributed by atoms with Crippen molar-refractivity contribution in [2.24, 2.45) is 0 Å². The molecule has 0 fully saturated rings. The van der Waals surface area contributed by atoms with Crippen molar-refractivity contribution >= 4 is 11.8 Å². The summed E-state index contributed by atoms with van der Waals surface area (Å²) in [6.07, 6.45) is 0.0347. The minimum atomic E-state index is -0.548. The van der Waals surface area contributed by atoms with Crippen LogP contribution >= 0.6 is 0 Å². The highest BCUT2D eigenvalue weighted by atomic mass is 16.5. The van der Waals surface area contributed by atoms with E-state index in [2.05, 4.69) is 4.74 Å². The van der Waals surface area contributed by atoms with Gasteiger partial charge in [-0.15, -0.1) is 0 Å². The molecule has 0 heterocycles. The molecule has 0 aliphatic heterocycles. The van der Waals surface area contributed by atoms with Crippen LogP contribution in [0.15, 0.2) is 12.1 Å². The maximum atomic E-state index is 11.4. The Kier molecular flexibility index (Phi) is 4.09. The molecule has 1 rings (SSSR count). The number of hydrogen-bond donors (Lipinski definition) is 1. The normalized spacial score (nSPS) is 9.82. The third-order valence-corrected chi connectivity index (χ3v) is 2.23. The third-order valence-electron chi connectivity index (χ3n) is 2.23. The van der Waals surface area contributed by atoms with Crippen molar-refractivity contribution in [2.45, 2.75) is 13.3 Å². The Morgan fingerprint density at radius 1 is 1.29 bits per heavy atom. The Balaban J connectivity index is 3.27. The zero-order valence-corrected chi connectivity index (χ0v) is 9.94. The van der Waals surface area contributed by atoms with E-state index in [0.717, 1.165) is 0 Å². The zero-order chi connectivity index (χ0) is 13.0. The Morgan fingerprint density at radius 3 is 2.41 bits per heavy atom. The Hall–Kier alpha value is -2.04. The molecule has 5 nitrogen and oxygen atoms in total. The first-order valence-electron chi connectivity index (χ1n) is 4.97. The molecule has 0 unspecified atom stereocenters. The van der Waals surface area contributed by atoms with Crippen LogP contribution in [0.25, 0.3) is 0 Å².